The Hall–Kier alpha value is -3.34. The third-order valence-corrected chi connectivity index (χ3v) is 5.50. The summed E-state index contributed by atoms with van der Waals surface area (Å²) in [6, 6.07) is 17.3. The number of aryl methyl sites for hydroxylation is 1. The summed E-state index contributed by atoms with van der Waals surface area (Å²) in [6.07, 6.45) is 6.39. The van der Waals surface area contributed by atoms with Crippen LogP contribution in [0.5, 0.6) is 0 Å². The Bertz CT molecular complexity index is 1050. The average molecular weight is 401 g/mol. The second-order valence-corrected chi connectivity index (χ2v) is 7.68. The summed E-state index contributed by atoms with van der Waals surface area (Å²) in [6.45, 7) is 3.05. The van der Waals surface area contributed by atoms with Crippen LogP contribution in [0.1, 0.15) is 35.6 Å². The van der Waals surface area contributed by atoms with E-state index in [1.54, 1.807) is 23.4 Å². The van der Waals surface area contributed by atoms with Crippen LogP contribution in [0.3, 0.4) is 0 Å². The highest BCUT2D eigenvalue weighted by Gasteiger charge is 2.29. The Morgan fingerprint density at radius 1 is 1.13 bits per heavy atom. The Kier molecular flexibility index (Phi) is 5.98. The summed E-state index contributed by atoms with van der Waals surface area (Å²) in [5, 5.41) is 0. The minimum absolute atomic E-state index is 0.0477. The summed E-state index contributed by atoms with van der Waals surface area (Å²) >= 11 is 0. The number of rotatable bonds is 4. The van der Waals surface area contributed by atoms with Gasteiger partial charge in [-0.15, -0.1) is 0 Å². The fourth-order valence-corrected chi connectivity index (χ4v) is 3.91. The van der Waals surface area contributed by atoms with Gasteiger partial charge in [-0.05, 0) is 37.0 Å². The van der Waals surface area contributed by atoms with Crippen LogP contribution in [0.2, 0.25) is 0 Å². The largest absolute Gasteiger partial charge is 0.336 e. The molecule has 4 nitrogen and oxygen atoms in total. The molecule has 1 fully saturated rings. The maximum Gasteiger partial charge on any atom is 0.282 e. The number of halogens is 1. The zero-order valence-corrected chi connectivity index (χ0v) is 17.0. The van der Waals surface area contributed by atoms with E-state index >= 15 is 0 Å². The first-order valence-electron chi connectivity index (χ1n) is 10.2. The van der Waals surface area contributed by atoms with Gasteiger partial charge in [0, 0.05) is 30.8 Å². The highest BCUT2D eigenvalue weighted by atomic mass is 19.1. The minimum Gasteiger partial charge on any atom is -0.336 e. The number of hydrogen-bond donors (Lipinski definition) is 0. The van der Waals surface area contributed by atoms with E-state index < -0.39 is 11.7 Å². The van der Waals surface area contributed by atoms with Crippen molar-refractivity contribution in [2.75, 3.05) is 13.1 Å². The van der Waals surface area contributed by atoms with Gasteiger partial charge in [0.15, 0.2) is 5.83 Å². The summed E-state index contributed by atoms with van der Waals surface area (Å²) in [7, 11) is 0. The standard InChI is InChI=1S/C25H24FN3O/c1-18-9-11-20(12-10-18)22-15-27-17-28-24(22)21-8-5-13-29(16-21)25(30)23(26)14-19-6-3-2-4-7-19/h2-4,6-7,9-12,14-15,17,21H,5,8,13,16H2,1H3. The molecule has 0 spiro atoms. The van der Waals surface area contributed by atoms with Crippen LogP contribution in [0.4, 0.5) is 4.39 Å². The zero-order valence-electron chi connectivity index (χ0n) is 17.0. The molecule has 0 aliphatic carbocycles. The predicted molar refractivity (Wildman–Crippen MR) is 116 cm³/mol. The van der Waals surface area contributed by atoms with Gasteiger partial charge in [0.25, 0.3) is 5.91 Å². The van der Waals surface area contributed by atoms with Crippen LogP contribution in [0, 0.1) is 6.92 Å². The van der Waals surface area contributed by atoms with Crippen molar-refractivity contribution in [3.05, 3.63) is 89.8 Å². The molecule has 2 heterocycles. The molecule has 0 saturated carbocycles. The maximum atomic E-state index is 14.6. The number of nitrogens with zero attached hydrogens (tertiary/aromatic N) is 3. The zero-order chi connectivity index (χ0) is 20.9. The van der Waals surface area contributed by atoms with E-state index in [1.807, 2.05) is 31.3 Å². The molecule has 2 aromatic carbocycles. The maximum absolute atomic E-state index is 14.6. The Morgan fingerprint density at radius 2 is 1.90 bits per heavy atom. The van der Waals surface area contributed by atoms with Crippen molar-refractivity contribution in [2.45, 2.75) is 25.7 Å². The molecule has 1 aliphatic rings. The number of benzene rings is 2. The molecule has 1 aliphatic heterocycles. The van der Waals surface area contributed by atoms with E-state index in [4.69, 9.17) is 0 Å². The normalized spacial score (nSPS) is 17.1. The fourth-order valence-electron chi connectivity index (χ4n) is 3.91. The lowest BCUT2D eigenvalue weighted by molar-refractivity contribution is -0.129. The van der Waals surface area contributed by atoms with E-state index in [9.17, 15) is 9.18 Å². The molecule has 4 rings (SSSR count). The summed E-state index contributed by atoms with van der Waals surface area (Å²) in [4.78, 5) is 23.1. The van der Waals surface area contributed by atoms with Gasteiger partial charge in [0.1, 0.15) is 6.33 Å². The number of carbonyl (C=O) groups excluding carboxylic acids is 1. The van der Waals surface area contributed by atoms with Crippen LogP contribution >= 0.6 is 0 Å². The van der Waals surface area contributed by atoms with E-state index in [1.165, 1.54) is 11.6 Å². The molecule has 0 radical (unpaired) electrons. The van der Waals surface area contributed by atoms with Crippen LogP contribution in [-0.4, -0.2) is 33.9 Å². The number of amides is 1. The van der Waals surface area contributed by atoms with E-state index in [0.29, 0.717) is 18.7 Å². The van der Waals surface area contributed by atoms with Crippen molar-refractivity contribution >= 4 is 12.0 Å². The van der Waals surface area contributed by atoms with Gasteiger partial charge < -0.3 is 4.90 Å². The predicted octanol–water partition coefficient (Wildman–Crippen LogP) is 5.17. The molecule has 5 heteroatoms. The van der Waals surface area contributed by atoms with E-state index in [0.717, 1.165) is 29.7 Å². The first-order chi connectivity index (χ1) is 14.6. The van der Waals surface area contributed by atoms with Crippen molar-refractivity contribution in [3.8, 4) is 11.1 Å². The summed E-state index contributed by atoms with van der Waals surface area (Å²) < 4.78 is 14.6. The molecular weight excluding hydrogens is 377 g/mol. The number of aromatic nitrogens is 2. The second-order valence-electron chi connectivity index (χ2n) is 7.68. The van der Waals surface area contributed by atoms with Gasteiger partial charge in [0.05, 0.1) is 5.69 Å². The van der Waals surface area contributed by atoms with E-state index in [2.05, 4.69) is 34.2 Å². The molecule has 30 heavy (non-hydrogen) atoms. The number of carbonyl (C=O) groups is 1. The first-order valence-corrected chi connectivity index (χ1v) is 10.2. The smallest absolute Gasteiger partial charge is 0.282 e. The minimum atomic E-state index is -0.733. The Morgan fingerprint density at radius 3 is 2.67 bits per heavy atom. The molecule has 3 aromatic rings. The molecule has 1 atom stereocenters. The molecule has 152 valence electrons. The van der Waals surface area contributed by atoms with Gasteiger partial charge in [0.2, 0.25) is 0 Å². The summed E-state index contributed by atoms with van der Waals surface area (Å²) in [5.41, 5.74) is 4.80. The van der Waals surface area contributed by atoms with Crippen LogP contribution in [0.25, 0.3) is 17.2 Å². The lowest BCUT2D eigenvalue weighted by Gasteiger charge is -2.32. The van der Waals surface area contributed by atoms with Crippen molar-refractivity contribution in [1.29, 1.82) is 0 Å². The highest BCUT2D eigenvalue weighted by molar-refractivity contribution is 5.95. The fraction of sp³-hybridized carbons (Fsp3) is 0.240. The lowest BCUT2D eigenvalue weighted by Crippen LogP contribution is -2.39. The van der Waals surface area contributed by atoms with E-state index in [-0.39, 0.29) is 5.92 Å². The van der Waals surface area contributed by atoms with Crippen molar-refractivity contribution in [3.63, 3.8) is 0 Å². The van der Waals surface area contributed by atoms with Gasteiger partial charge in [-0.1, -0.05) is 60.2 Å². The number of hydrogen-bond acceptors (Lipinski definition) is 3. The Labute approximate surface area is 176 Å². The van der Waals surface area contributed by atoms with Crippen molar-refractivity contribution < 1.29 is 9.18 Å². The van der Waals surface area contributed by atoms with Crippen LogP contribution in [-0.2, 0) is 4.79 Å². The highest BCUT2D eigenvalue weighted by Crippen LogP contribution is 2.33. The third-order valence-electron chi connectivity index (χ3n) is 5.50. The van der Waals surface area contributed by atoms with Gasteiger partial charge >= 0.3 is 0 Å². The topological polar surface area (TPSA) is 46.1 Å². The van der Waals surface area contributed by atoms with Crippen molar-refractivity contribution in [2.24, 2.45) is 0 Å². The SMILES string of the molecule is Cc1ccc(-c2cncnc2C2CCCN(C(=O)C(F)=Cc3ccccc3)C2)cc1. The third kappa shape index (κ3) is 4.46. The second kappa shape index (κ2) is 8.99. The molecule has 1 saturated heterocycles. The Balaban J connectivity index is 1.56. The quantitative estimate of drug-likeness (QED) is 0.567. The van der Waals surface area contributed by atoms with Gasteiger partial charge in [-0.3, -0.25) is 4.79 Å². The van der Waals surface area contributed by atoms with Crippen LogP contribution < -0.4 is 0 Å². The van der Waals surface area contributed by atoms with Crippen LogP contribution in [0.15, 0.2) is 72.9 Å². The van der Waals surface area contributed by atoms with Crippen molar-refractivity contribution in [1.82, 2.24) is 14.9 Å². The van der Waals surface area contributed by atoms with Gasteiger partial charge in [-0.25, -0.2) is 14.4 Å². The number of likely N-dealkylation sites (tertiary alicyclic amines) is 1. The molecule has 0 bridgehead atoms. The average Bonchev–Trinajstić information content (AvgIpc) is 2.80. The number of piperidine rings is 1. The monoisotopic (exact) mass is 401 g/mol. The molecule has 1 aromatic heterocycles. The molecule has 1 unspecified atom stereocenters. The molecule has 0 N–H and O–H groups in total. The summed E-state index contributed by atoms with van der Waals surface area (Å²) in [5.74, 6) is -1.25. The lowest BCUT2D eigenvalue weighted by atomic mass is 9.89. The molecule has 1 amide bonds. The molecular formula is C25H24FN3O. The van der Waals surface area contributed by atoms with Gasteiger partial charge in [-0.2, -0.15) is 0 Å². The first kappa shape index (κ1) is 20.0.